The molecule has 2 heterocycles. The molecule has 1 amide bonds. The Bertz CT molecular complexity index is 1220. The van der Waals surface area contributed by atoms with Crippen molar-refractivity contribution in [2.45, 2.75) is 12.3 Å². The van der Waals surface area contributed by atoms with Gasteiger partial charge in [-0.05, 0) is 30.3 Å². The lowest BCUT2D eigenvalue weighted by Crippen LogP contribution is -2.25. The second-order valence-electron chi connectivity index (χ2n) is 6.74. The zero-order chi connectivity index (χ0) is 23.4. The minimum Gasteiger partial charge on any atom is -0.422 e. The van der Waals surface area contributed by atoms with Crippen LogP contribution in [-0.4, -0.2) is 37.1 Å². The largest absolute Gasteiger partial charge is 0.422 e. The van der Waals surface area contributed by atoms with Gasteiger partial charge in [0.25, 0.3) is 0 Å². The van der Waals surface area contributed by atoms with Gasteiger partial charge in [0.1, 0.15) is 5.58 Å². The lowest BCUT2D eigenvalue weighted by molar-refractivity contribution is 0.172. The first-order valence-electron chi connectivity index (χ1n) is 9.22. The van der Waals surface area contributed by atoms with E-state index in [9.17, 15) is 14.0 Å². The Kier molecular flexibility index (Phi) is 7.83. The van der Waals surface area contributed by atoms with Crippen LogP contribution in [0.4, 0.5) is 15.0 Å². The van der Waals surface area contributed by atoms with Crippen molar-refractivity contribution in [1.29, 1.82) is 0 Å². The standard InChI is InChI=1S/C20H19Cl2FN4O4S/c1-24-32-26-18-17(23)10(4-5-25-18)6-12-13(9-21)11-7-14(22)16(31-20(29)27(2)3)8-15(11)30-19(12)28/h4-5,7-8,24H,6,9H2,1-3H3,(H,25,26). The van der Waals surface area contributed by atoms with Gasteiger partial charge in [-0.25, -0.2) is 23.7 Å². The van der Waals surface area contributed by atoms with Crippen LogP contribution in [0.1, 0.15) is 16.7 Å². The molecule has 8 nitrogen and oxygen atoms in total. The lowest BCUT2D eigenvalue weighted by Gasteiger charge is -2.14. The van der Waals surface area contributed by atoms with Gasteiger partial charge in [0.15, 0.2) is 17.4 Å². The van der Waals surface area contributed by atoms with Gasteiger partial charge in [-0.15, -0.1) is 11.6 Å². The van der Waals surface area contributed by atoms with Gasteiger partial charge >= 0.3 is 11.7 Å². The van der Waals surface area contributed by atoms with Crippen LogP contribution in [-0.2, 0) is 12.3 Å². The third-order valence-electron chi connectivity index (χ3n) is 4.45. The van der Waals surface area contributed by atoms with E-state index in [4.69, 9.17) is 32.4 Å². The Morgan fingerprint density at radius 1 is 1.34 bits per heavy atom. The van der Waals surface area contributed by atoms with E-state index in [0.717, 1.165) is 12.1 Å². The molecule has 0 saturated heterocycles. The average molecular weight is 501 g/mol. The van der Waals surface area contributed by atoms with Gasteiger partial charge in [-0.1, -0.05) is 11.6 Å². The zero-order valence-electron chi connectivity index (χ0n) is 17.3. The molecule has 170 valence electrons. The quantitative estimate of drug-likeness (QED) is 0.276. The summed E-state index contributed by atoms with van der Waals surface area (Å²) in [6, 6.07) is 4.33. The summed E-state index contributed by atoms with van der Waals surface area (Å²) < 4.78 is 31.0. The molecule has 0 aliphatic carbocycles. The third-order valence-corrected chi connectivity index (χ3v) is 5.52. The normalized spacial score (nSPS) is 10.9. The Morgan fingerprint density at radius 3 is 2.75 bits per heavy atom. The summed E-state index contributed by atoms with van der Waals surface area (Å²) in [7, 11) is 4.71. The predicted octanol–water partition coefficient (Wildman–Crippen LogP) is 4.57. The molecule has 12 heteroatoms. The summed E-state index contributed by atoms with van der Waals surface area (Å²) in [4.78, 5) is 29.8. The number of hydrogen-bond donors (Lipinski definition) is 2. The van der Waals surface area contributed by atoms with Crippen LogP contribution in [0.25, 0.3) is 11.0 Å². The number of fused-ring (bicyclic) bond motifs is 1. The van der Waals surface area contributed by atoms with Crippen molar-refractivity contribution in [2.75, 3.05) is 25.9 Å². The number of benzene rings is 1. The van der Waals surface area contributed by atoms with Crippen molar-refractivity contribution in [3.8, 4) is 5.75 Å². The fourth-order valence-corrected chi connectivity index (χ4v) is 3.73. The number of aromatic nitrogens is 1. The highest BCUT2D eigenvalue weighted by Gasteiger charge is 2.20. The van der Waals surface area contributed by atoms with Crippen LogP contribution in [0, 0.1) is 5.82 Å². The molecule has 2 aromatic heterocycles. The number of amides is 1. The van der Waals surface area contributed by atoms with E-state index in [-0.39, 0.29) is 45.6 Å². The predicted molar refractivity (Wildman–Crippen MR) is 124 cm³/mol. The van der Waals surface area contributed by atoms with E-state index in [2.05, 4.69) is 14.4 Å². The first-order valence-corrected chi connectivity index (χ1v) is 10.9. The summed E-state index contributed by atoms with van der Waals surface area (Å²) in [5.41, 5.74) is 0.332. The van der Waals surface area contributed by atoms with E-state index in [1.165, 1.54) is 43.4 Å². The summed E-state index contributed by atoms with van der Waals surface area (Å²) in [5.74, 6) is -0.584. The fourth-order valence-electron chi connectivity index (χ4n) is 2.88. The number of ether oxygens (including phenoxy) is 1. The molecule has 0 unspecified atom stereocenters. The number of carbonyl (C=O) groups is 1. The fraction of sp³-hybridized carbons (Fsp3) is 0.250. The molecule has 0 aliphatic heterocycles. The number of nitrogens with zero attached hydrogens (tertiary/aromatic N) is 2. The van der Waals surface area contributed by atoms with Crippen molar-refractivity contribution in [3.63, 3.8) is 0 Å². The van der Waals surface area contributed by atoms with Crippen molar-refractivity contribution in [3.05, 3.63) is 62.3 Å². The van der Waals surface area contributed by atoms with Gasteiger partial charge < -0.3 is 14.1 Å². The molecule has 0 atom stereocenters. The monoisotopic (exact) mass is 500 g/mol. The molecule has 0 spiro atoms. The number of carbonyl (C=O) groups excluding carboxylic acids is 1. The number of nitrogens with one attached hydrogen (secondary N) is 2. The van der Waals surface area contributed by atoms with Crippen LogP contribution in [0.5, 0.6) is 5.75 Å². The van der Waals surface area contributed by atoms with Gasteiger partial charge in [0.2, 0.25) is 0 Å². The summed E-state index contributed by atoms with van der Waals surface area (Å²) in [6.07, 6.45) is 0.724. The molecule has 32 heavy (non-hydrogen) atoms. The van der Waals surface area contributed by atoms with E-state index >= 15 is 0 Å². The second-order valence-corrected chi connectivity index (χ2v) is 8.23. The highest BCUT2D eigenvalue weighted by atomic mass is 35.5. The van der Waals surface area contributed by atoms with Crippen molar-refractivity contribution in [2.24, 2.45) is 0 Å². The molecule has 1 aromatic carbocycles. The number of halogens is 3. The Labute approximate surface area is 197 Å². The molecule has 0 saturated carbocycles. The number of alkyl halides is 1. The lowest BCUT2D eigenvalue weighted by atomic mass is 9.99. The number of hydrogen-bond acceptors (Lipinski definition) is 8. The maximum Gasteiger partial charge on any atom is 0.414 e. The molecule has 3 rings (SSSR count). The number of pyridine rings is 1. The van der Waals surface area contributed by atoms with Crippen LogP contribution in [0.2, 0.25) is 5.02 Å². The summed E-state index contributed by atoms with van der Waals surface area (Å²) in [6.45, 7) is 0. The molecular weight excluding hydrogens is 482 g/mol. The van der Waals surface area contributed by atoms with Gasteiger partial charge in [0, 0.05) is 61.7 Å². The molecule has 0 radical (unpaired) electrons. The Morgan fingerprint density at radius 2 is 2.09 bits per heavy atom. The first kappa shape index (κ1) is 24.1. The number of anilines is 1. The van der Waals surface area contributed by atoms with Crippen molar-refractivity contribution >= 4 is 58.2 Å². The Hall–Kier alpha value is -2.53. The highest BCUT2D eigenvalue weighted by Crippen LogP contribution is 2.34. The van der Waals surface area contributed by atoms with Crippen LogP contribution in [0.15, 0.2) is 33.6 Å². The molecule has 0 bridgehead atoms. The van der Waals surface area contributed by atoms with E-state index in [1.54, 1.807) is 7.05 Å². The van der Waals surface area contributed by atoms with E-state index < -0.39 is 17.5 Å². The molecule has 3 aromatic rings. The summed E-state index contributed by atoms with van der Waals surface area (Å²) in [5, 5.41) is 0.590. The van der Waals surface area contributed by atoms with Crippen molar-refractivity contribution < 1.29 is 18.3 Å². The molecule has 2 N–H and O–H groups in total. The van der Waals surface area contributed by atoms with Crippen LogP contribution < -0.4 is 19.8 Å². The maximum atomic E-state index is 14.9. The van der Waals surface area contributed by atoms with Crippen LogP contribution >= 0.6 is 35.3 Å². The maximum absolute atomic E-state index is 14.9. The average Bonchev–Trinajstić information content (AvgIpc) is 2.75. The molecule has 0 fully saturated rings. The third kappa shape index (κ3) is 5.09. The van der Waals surface area contributed by atoms with Gasteiger partial charge in [0.05, 0.1) is 5.02 Å². The van der Waals surface area contributed by atoms with E-state index in [1.807, 2.05) is 0 Å². The minimum absolute atomic E-state index is 0.0230. The second kappa shape index (κ2) is 10.4. The highest BCUT2D eigenvalue weighted by molar-refractivity contribution is 7.98. The smallest absolute Gasteiger partial charge is 0.414 e. The zero-order valence-corrected chi connectivity index (χ0v) is 19.6. The first-order chi connectivity index (χ1) is 15.3. The Balaban J connectivity index is 2.07. The van der Waals surface area contributed by atoms with Crippen LogP contribution in [0.3, 0.4) is 0 Å². The van der Waals surface area contributed by atoms with Gasteiger partial charge in [-0.2, -0.15) is 0 Å². The SMILES string of the molecule is CNSNc1nccc(Cc2c(CCl)c3cc(Cl)c(OC(=O)N(C)C)cc3oc2=O)c1F. The van der Waals surface area contributed by atoms with Crippen molar-refractivity contribution in [1.82, 2.24) is 14.6 Å². The van der Waals surface area contributed by atoms with Gasteiger partial charge in [-0.3, -0.25) is 4.72 Å². The molecule has 0 aliphatic rings. The minimum atomic E-state index is -0.685. The topological polar surface area (TPSA) is 96.7 Å². The molecular formula is C20H19Cl2FN4O4S. The van der Waals surface area contributed by atoms with E-state index in [0.29, 0.717) is 10.9 Å². The number of rotatable bonds is 7. The summed E-state index contributed by atoms with van der Waals surface area (Å²) >= 11 is 13.5.